The number of halogens is 1. The Morgan fingerprint density at radius 3 is 2.53 bits per heavy atom. The zero-order valence-electron chi connectivity index (χ0n) is 18.1. The molecule has 1 amide bonds. The molecule has 1 fully saturated rings. The SMILES string of the molecule is Cc1ccc(Nc2c(-c3ccc(F)cc3)nc3n2CCN(C(=O)[C@H]2CCC[C@@H]2O)C3)cc1. The maximum Gasteiger partial charge on any atom is 0.228 e. The molecule has 0 saturated heterocycles. The molecule has 6 nitrogen and oxygen atoms in total. The van der Waals surface area contributed by atoms with Crippen molar-refractivity contribution in [2.75, 3.05) is 11.9 Å². The first-order valence-electron chi connectivity index (χ1n) is 11.2. The summed E-state index contributed by atoms with van der Waals surface area (Å²) in [5.41, 5.74) is 3.66. The first-order valence-corrected chi connectivity index (χ1v) is 11.2. The average molecular weight is 435 g/mol. The molecule has 3 aromatic rings. The van der Waals surface area contributed by atoms with Crippen molar-refractivity contribution in [1.29, 1.82) is 0 Å². The van der Waals surface area contributed by atoms with Gasteiger partial charge >= 0.3 is 0 Å². The van der Waals surface area contributed by atoms with Gasteiger partial charge in [0.1, 0.15) is 23.2 Å². The molecule has 7 heteroatoms. The molecular formula is C25H27FN4O2. The first kappa shape index (κ1) is 20.7. The van der Waals surface area contributed by atoms with Crippen molar-refractivity contribution >= 4 is 17.4 Å². The molecule has 2 heterocycles. The number of amides is 1. The summed E-state index contributed by atoms with van der Waals surface area (Å²) in [7, 11) is 0. The predicted molar refractivity (Wildman–Crippen MR) is 121 cm³/mol. The van der Waals surface area contributed by atoms with Crippen molar-refractivity contribution < 1.29 is 14.3 Å². The molecule has 1 aliphatic carbocycles. The van der Waals surface area contributed by atoms with E-state index in [2.05, 4.69) is 9.88 Å². The molecule has 0 radical (unpaired) electrons. The van der Waals surface area contributed by atoms with E-state index in [-0.39, 0.29) is 17.6 Å². The Kier molecular flexibility index (Phi) is 5.43. The third-order valence-corrected chi connectivity index (χ3v) is 6.51. The Bertz CT molecular complexity index is 1120. The number of imidazole rings is 1. The van der Waals surface area contributed by atoms with E-state index in [4.69, 9.17) is 4.98 Å². The number of aromatic nitrogens is 2. The van der Waals surface area contributed by atoms with Gasteiger partial charge in [-0.25, -0.2) is 9.37 Å². The minimum Gasteiger partial charge on any atom is -0.392 e. The van der Waals surface area contributed by atoms with Gasteiger partial charge in [-0.15, -0.1) is 0 Å². The zero-order chi connectivity index (χ0) is 22.2. The molecule has 1 saturated carbocycles. The topological polar surface area (TPSA) is 70.4 Å². The van der Waals surface area contributed by atoms with Crippen LogP contribution in [0.5, 0.6) is 0 Å². The van der Waals surface area contributed by atoms with E-state index in [0.29, 0.717) is 26.1 Å². The summed E-state index contributed by atoms with van der Waals surface area (Å²) < 4.78 is 15.6. The normalized spacial score (nSPS) is 20.3. The number of carbonyl (C=O) groups is 1. The van der Waals surface area contributed by atoms with Crippen LogP contribution in [0.1, 0.15) is 30.7 Å². The van der Waals surface area contributed by atoms with E-state index in [0.717, 1.165) is 41.4 Å². The van der Waals surface area contributed by atoms with E-state index in [1.807, 2.05) is 36.1 Å². The van der Waals surface area contributed by atoms with E-state index < -0.39 is 6.10 Å². The summed E-state index contributed by atoms with van der Waals surface area (Å²) in [5, 5.41) is 13.7. The number of aliphatic hydroxyl groups is 1. The highest BCUT2D eigenvalue weighted by molar-refractivity contribution is 5.80. The van der Waals surface area contributed by atoms with Gasteiger partial charge in [0.25, 0.3) is 0 Å². The van der Waals surface area contributed by atoms with Crippen LogP contribution < -0.4 is 5.32 Å². The summed E-state index contributed by atoms with van der Waals surface area (Å²) in [6, 6.07) is 14.4. The van der Waals surface area contributed by atoms with Crippen LogP contribution in [0.15, 0.2) is 48.5 Å². The number of rotatable bonds is 4. The van der Waals surface area contributed by atoms with E-state index in [1.165, 1.54) is 17.7 Å². The summed E-state index contributed by atoms with van der Waals surface area (Å²) in [5.74, 6) is 1.03. The zero-order valence-corrected chi connectivity index (χ0v) is 18.1. The highest BCUT2D eigenvalue weighted by atomic mass is 19.1. The van der Waals surface area contributed by atoms with Gasteiger partial charge in [-0.1, -0.05) is 17.7 Å². The fraction of sp³-hybridized carbons (Fsp3) is 0.360. The van der Waals surface area contributed by atoms with Crippen LogP contribution in [0.25, 0.3) is 11.3 Å². The highest BCUT2D eigenvalue weighted by Crippen LogP contribution is 2.34. The van der Waals surface area contributed by atoms with Crippen molar-refractivity contribution in [2.45, 2.75) is 45.4 Å². The van der Waals surface area contributed by atoms with Crippen LogP contribution in [0, 0.1) is 18.7 Å². The first-order chi connectivity index (χ1) is 15.5. The lowest BCUT2D eigenvalue weighted by molar-refractivity contribution is -0.139. The molecule has 5 rings (SSSR count). The Labute approximate surface area is 186 Å². The Morgan fingerprint density at radius 1 is 1.09 bits per heavy atom. The van der Waals surface area contributed by atoms with Gasteiger partial charge < -0.3 is 19.9 Å². The number of nitrogens with zero attached hydrogens (tertiary/aromatic N) is 3. The monoisotopic (exact) mass is 434 g/mol. The van der Waals surface area contributed by atoms with Crippen LogP contribution in [0.3, 0.4) is 0 Å². The molecule has 0 bridgehead atoms. The molecule has 2 aromatic carbocycles. The molecule has 2 atom stereocenters. The van der Waals surface area contributed by atoms with Gasteiger partial charge in [0.05, 0.1) is 18.6 Å². The molecule has 32 heavy (non-hydrogen) atoms. The van der Waals surface area contributed by atoms with Crippen LogP contribution in [0.4, 0.5) is 15.9 Å². The van der Waals surface area contributed by atoms with Crippen LogP contribution in [-0.2, 0) is 17.9 Å². The van der Waals surface area contributed by atoms with Crippen LogP contribution >= 0.6 is 0 Å². The van der Waals surface area contributed by atoms with E-state index in [9.17, 15) is 14.3 Å². The Balaban J connectivity index is 1.49. The van der Waals surface area contributed by atoms with Crippen LogP contribution in [0.2, 0.25) is 0 Å². The van der Waals surface area contributed by atoms with Crippen molar-refractivity contribution in [3.8, 4) is 11.3 Å². The number of nitrogens with one attached hydrogen (secondary N) is 1. The smallest absolute Gasteiger partial charge is 0.228 e. The maximum atomic E-state index is 13.5. The quantitative estimate of drug-likeness (QED) is 0.644. The molecule has 1 aliphatic heterocycles. The number of carbonyl (C=O) groups excluding carboxylic acids is 1. The highest BCUT2D eigenvalue weighted by Gasteiger charge is 2.36. The van der Waals surface area contributed by atoms with Crippen molar-refractivity contribution in [2.24, 2.45) is 5.92 Å². The number of hydrogen-bond donors (Lipinski definition) is 2. The third kappa shape index (κ3) is 3.88. The van der Waals surface area contributed by atoms with Crippen molar-refractivity contribution in [1.82, 2.24) is 14.5 Å². The number of benzene rings is 2. The summed E-state index contributed by atoms with van der Waals surface area (Å²) in [6.07, 6.45) is 1.78. The maximum absolute atomic E-state index is 13.5. The third-order valence-electron chi connectivity index (χ3n) is 6.51. The van der Waals surface area contributed by atoms with E-state index in [1.54, 1.807) is 12.1 Å². The molecule has 166 valence electrons. The molecule has 2 aliphatic rings. The molecular weight excluding hydrogens is 407 g/mol. The second-order valence-electron chi connectivity index (χ2n) is 8.74. The van der Waals surface area contributed by atoms with Gasteiger partial charge in [0.15, 0.2) is 0 Å². The Hall–Kier alpha value is -3.19. The number of anilines is 2. The molecule has 0 unspecified atom stereocenters. The van der Waals surface area contributed by atoms with Gasteiger partial charge in [-0.2, -0.15) is 0 Å². The van der Waals surface area contributed by atoms with Crippen molar-refractivity contribution in [3.05, 3.63) is 65.7 Å². The number of hydrogen-bond acceptors (Lipinski definition) is 4. The molecule has 2 N–H and O–H groups in total. The fourth-order valence-electron chi connectivity index (χ4n) is 4.69. The summed E-state index contributed by atoms with van der Waals surface area (Å²) >= 11 is 0. The molecule has 0 spiro atoms. The summed E-state index contributed by atoms with van der Waals surface area (Å²) in [4.78, 5) is 19.7. The van der Waals surface area contributed by atoms with Gasteiger partial charge in [-0.3, -0.25) is 4.79 Å². The number of fused-ring (bicyclic) bond motifs is 1. The fourth-order valence-corrected chi connectivity index (χ4v) is 4.69. The minimum atomic E-state index is -0.544. The van der Waals surface area contributed by atoms with Gasteiger partial charge in [0, 0.05) is 24.3 Å². The second kappa shape index (κ2) is 8.39. The predicted octanol–water partition coefficient (Wildman–Crippen LogP) is 4.24. The second-order valence-corrected chi connectivity index (χ2v) is 8.74. The molecule has 1 aromatic heterocycles. The lowest BCUT2D eigenvalue weighted by Crippen LogP contribution is -2.43. The van der Waals surface area contributed by atoms with Crippen LogP contribution in [-0.4, -0.2) is 38.1 Å². The summed E-state index contributed by atoms with van der Waals surface area (Å²) in [6.45, 7) is 3.61. The Morgan fingerprint density at radius 2 is 1.84 bits per heavy atom. The minimum absolute atomic E-state index is 0.0145. The average Bonchev–Trinajstić information content (AvgIpc) is 3.38. The van der Waals surface area contributed by atoms with Gasteiger partial charge in [-0.05, 0) is 62.6 Å². The largest absolute Gasteiger partial charge is 0.392 e. The number of aryl methyl sites for hydroxylation is 1. The van der Waals surface area contributed by atoms with Gasteiger partial charge in [0.2, 0.25) is 5.91 Å². The standard InChI is InChI=1S/C25H27FN4O2/c1-16-5-11-19(12-6-16)27-24-23(17-7-9-18(26)10-8-17)28-22-15-29(13-14-30(22)24)25(32)20-3-2-4-21(20)31/h5-12,20-21,27,31H,2-4,13-15H2,1H3/t20-,21-/m0/s1. The lowest BCUT2D eigenvalue weighted by Gasteiger charge is -2.31. The van der Waals surface area contributed by atoms with E-state index >= 15 is 0 Å². The number of aliphatic hydroxyl groups excluding tert-OH is 1. The lowest BCUT2D eigenvalue weighted by atomic mass is 10.0. The van der Waals surface area contributed by atoms with Crippen molar-refractivity contribution in [3.63, 3.8) is 0 Å².